The van der Waals surface area contributed by atoms with Gasteiger partial charge in [0.1, 0.15) is 12.6 Å². The second-order valence-corrected chi connectivity index (χ2v) is 14.4. The standard InChI is InChI=1S/C37H42ClN3O4S/c1-26(2)23-39-37(43)35(22-30-9-7-6-8-10-30)40(24-31-14-11-27(3)12-15-31)36(42)25-41(33-18-13-28(4)29(5)21-33)46(44,45)34-19-16-32(38)17-20-34/h6-21,26,35H,22-25H2,1-5H3,(H,39,43). The number of halogens is 1. The van der Waals surface area contributed by atoms with Crippen LogP contribution in [0.2, 0.25) is 5.02 Å². The molecule has 0 aromatic heterocycles. The molecule has 0 bridgehead atoms. The largest absolute Gasteiger partial charge is 0.354 e. The summed E-state index contributed by atoms with van der Waals surface area (Å²) in [5, 5.41) is 3.41. The Hall–Kier alpha value is -4.14. The predicted molar refractivity (Wildman–Crippen MR) is 185 cm³/mol. The van der Waals surface area contributed by atoms with Gasteiger partial charge in [0.2, 0.25) is 11.8 Å². The number of hydrogen-bond donors (Lipinski definition) is 1. The molecule has 4 aromatic rings. The van der Waals surface area contributed by atoms with Crippen LogP contribution in [0.25, 0.3) is 0 Å². The van der Waals surface area contributed by atoms with Crippen molar-refractivity contribution in [2.75, 3.05) is 17.4 Å². The van der Waals surface area contributed by atoms with Gasteiger partial charge < -0.3 is 10.2 Å². The van der Waals surface area contributed by atoms with E-state index in [0.717, 1.165) is 32.1 Å². The molecule has 0 fully saturated rings. The molecule has 0 heterocycles. The van der Waals surface area contributed by atoms with Crippen LogP contribution in [-0.4, -0.2) is 44.3 Å². The van der Waals surface area contributed by atoms with E-state index in [9.17, 15) is 18.0 Å². The number of nitrogens with zero attached hydrogens (tertiary/aromatic N) is 2. The van der Waals surface area contributed by atoms with Crippen molar-refractivity contribution in [3.05, 3.63) is 130 Å². The van der Waals surface area contributed by atoms with E-state index < -0.39 is 28.5 Å². The molecule has 0 saturated carbocycles. The number of aryl methyl sites for hydroxylation is 3. The number of hydrogen-bond acceptors (Lipinski definition) is 4. The normalized spacial score (nSPS) is 12.1. The van der Waals surface area contributed by atoms with Gasteiger partial charge >= 0.3 is 0 Å². The maximum absolute atomic E-state index is 14.6. The third kappa shape index (κ3) is 8.98. The minimum Gasteiger partial charge on any atom is -0.354 e. The van der Waals surface area contributed by atoms with Crippen LogP contribution in [0.1, 0.15) is 41.7 Å². The first-order valence-electron chi connectivity index (χ1n) is 15.4. The summed E-state index contributed by atoms with van der Waals surface area (Å²) in [6, 6.07) is 27.6. The number of carbonyl (C=O) groups is 2. The molecule has 0 aliphatic heterocycles. The summed E-state index contributed by atoms with van der Waals surface area (Å²) in [4.78, 5) is 30.0. The Bertz CT molecular complexity index is 1740. The van der Waals surface area contributed by atoms with E-state index in [1.807, 2.05) is 95.3 Å². The fourth-order valence-corrected chi connectivity index (χ4v) is 6.54. The number of carbonyl (C=O) groups excluding carboxylic acids is 2. The molecule has 4 rings (SSSR count). The van der Waals surface area contributed by atoms with E-state index in [4.69, 9.17) is 11.6 Å². The fraction of sp³-hybridized carbons (Fsp3) is 0.297. The molecule has 1 atom stereocenters. The second-order valence-electron chi connectivity index (χ2n) is 12.1. The summed E-state index contributed by atoms with van der Waals surface area (Å²) in [5.41, 5.74) is 5.00. The number of rotatable bonds is 13. The van der Waals surface area contributed by atoms with Crippen molar-refractivity contribution in [3.8, 4) is 0 Å². The lowest BCUT2D eigenvalue weighted by Gasteiger charge is -2.34. The Kier molecular flexibility index (Phi) is 11.7. The summed E-state index contributed by atoms with van der Waals surface area (Å²) >= 11 is 6.08. The van der Waals surface area contributed by atoms with Crippen LogP contribution in [0.5, 0.6) is 0 Å². The average molecular weight is 660 g/mol. The van der Waals surface area contributed by atoms with Crippen LogP contribution in [0, 0.1) is 26.7 Å². The van der Waals surface area contributed by atoms with Gasteiger partial charge in [0.05, 0.1) is 10.6 Å². The van der Waals surface area contributed by atoms with Crippen molar-refractivity contribution >= 4 is 39.1 Å². The zero-order valence-corrected chi connectivity index (χ0v) is 28.6. The second kappa shape index (κ2) is 15.4. The molecule has 1 unspecified atom stereocenters. The third-order valence-electron chi connectivity index (χ3n) is 7.89. The first-order valence-corrected chi connectivity index (χ1v) is 17.2. The molecular weight excluding hydrogens is 618 g/mol. The topological polar surface area (TPSA) is 86.8 Å². The quantitative estimate of drug-likeness (QED) is 0.170. The molecule has 9 heteroatoms. The summed E-state index contributed by atoms with van der Waals surface area (Å²) in [7, 11) is -4.21. The van der Waals surface area contributed by atoms with E-state index in [1.165, 1.54) is 29.2 Å². The number of anilines is 1. The van der Waals surface area contributed by atoms with Gasteiger partial charge in [-0.25, -0.2) is 8.42 Å². The molecule has 0 spiro atoms. The maximum atomic E-state index is 14.6. The van der Waals surface area contributed by atoms with E-state index in [-0.39, 0.29) is 29.7 Å². The summed E-state index contributed by atoms with van der Waals surface area (Å²) in [6.07, 6.45) is 0.260. The summed E-state index contributed by atoms with van der Waals surface area (Å²) in [6.45, 7) is 9.87. The Morgan fingerprint density at radius 2 is 1.46 bits per heavy atom. The van der Waals surface area contributed by atoms with E-state index >= 15 is 0 Å². The Labute approximate surface area is 278 Å². The van der Waals surface area contributed by atoms with E-state index in [1.54, 1.807) is 12.1 Å². The average Bonchev–Trinajstić information content (AvgIpc) is 3.03. The Balaban J connectivity index is 1.81. The molecular formula is C37H42ClN3O4S. The van der Waals surface area contributed by atoms with Gasteiger partial charge in [-0.15, -0.1) is 0 Å². The van der Waals surface area contributed by atoms with Crippen LogP contribution in [0.3, 0.4) is 0 Å². The van der Waals surface area contributed by atoms with Crippen molar-refractivity contribution < 1.29 is 18.0 Å². The van der Waals surface area contributed by atoms with E-state index in [2.05, 4.69) is 5.32 Å². The van der Waals surface area contributed by atoms with Gasteiger partial charge in [-0.1, -0.05) is 91.7 Å². The number of sulfonamides is 1. The molecule has 7 nitrogen and oxygen atoms in total. The lowest BCUT2D eigenvalue weighted by atomic mass is 10.0. The Morgan fingerprint density at radius 3 is 2.07 bits per heavy atom. The van der Waals surface area contributed by atoms with Crippen molar-refractivity contribution in [2.45, 2.75) is 58.5 Å². The molecule has 0 aliphatic rings. The van der Waals surface area contributed by atoms with Crippen molar-refractivity contribution in [2.24, 2.45) is 5.92 Å². The predicted octanol–water partition coefficient (Wildman–Crippen LogP) is 6.87. The van der Waals surface area contributed by atoms with Crippen LogP contribution < -0.4 is 9.62 Å². The zero-order chi connectivity index (χ0) is 33.4. The van der Waals surface area contributed by atoms with Crippen LogP contribution in [0.15, 0.2) is 102 Å². The highest BCUT2D eigenvalue weighted by molar-refractivity contribution is 7.92. The van der Waals surface area contributed by atoms with Gasteiger partial charge in [0.15, 0.2) is 0 Å². The van der Waals surface area contributed by atoms with Gasteiger partial charge in [-0.05, 0) is 85.3 Å². The van der Waals surface area contributed by atoms with Gasteiger partial charge in [-0.3, -0.25) is 13.9 Å². The molecule has 2 amide bonds. The highest BCUT2D eigenvalue weighted by Crippen LogP contribution is 2.27. The number of nitrogens with one attached hydrogen (secondary N) is 1. The first kappa shape index (κ1) is 34.7. The van der Waals surface area contributed by atoms with E-state index in [0.29, 0.717) is 17.3 Å². The molecule has 46 heavy (non-hydrogen) atoms. The van der Waals surface area contributed by atoms with Gasteiger partial charge in [0.25, 0.3) is 10.0 Å². The van der Waals surface area contributed by atoms with Crippen molar-refractivity contribution in [3.63, 3.8) is 0 Å². The van der Waals surface area contributed by atoms with Crippen LogP contribution in [-0.2, 0) is 32.6 Å². The maximum Gasteiger partial charge on any atom is 0.264 e. The number of benzene rings is 4. The number of amides is 2. The lowest BCUT2D eigenvalue weighted by Crippen LogP contribution is -2.53. The lowest BCUT2D eigenvalue weighted by molar-refractivity contribution is -0.140. The fourth-order valence-electron chi connectivity index (χ4n) is 5.01. The van der Waals surface area contributed by atoms with Crippen LogP contribution in [0.4, 0.5) is 5.69 Å². The SMILES string of the molecule is Cc1ccc(CN(C(=O)CN(c2ccc(C)c(C)c2)S(=O)(=O)c2ccc(Cl)cc2)C(Cc2ccccc2)C(=O)NCC(C)C)cc1. The monoisotopic (exact) mass is 659 g/mol. The minimum atomic E-state index is -4.21. The summed E-state index contributed by atoms with van der Waals surface area (Å²) < 4.78 is 29.5. The first-order chi connectivity index (χ1) is 21.8. The molecule has 0 saturated heterocycles. The minimum absolute atomic E-state index is 0.00326. The molecule has 1 N–H and O–H groups in total. The smallest absolute Gasteiger partial charge is 0.264 e. The van der Waals surface area contributed by atoms with Crippen LogP contribution >= 0.6 is 11.6 Å². The van der Waals surface area contributed by atoms with Gasteiger partial charge in [-0.2, -0.15) is 0 Å². The highest BCUT2D eigenvalue weighted by atomic mass is 35.5. The zero-order valence-electron chi connectivity index (χ0n) is 27.0. The highest BCUT2D eigenvalue weighted by Gasteiger charge is 2.34. The van der Waals surface area contributed by atoms with Gasteiger partial charge in [0, 0.05) is 24.5 Å². The summed E-state index contributed by atoms with van der Waals surface area (Å²) in [5.74, 6) is -0.597. The third-order valence-corrected chi connectivity index (χ3v) is 9.93. The Morgan fingerprint density at radius 1 is 0.804 bits per heavy atom. The molecule has 242 valence electrons. The molecule has 0 aliphatic carbocycles. The van der Waals surface area contributed by atoms with Crippen molar-refractivity contribution in [1.29, 1.82) is 0 Å². The molecule has 0 radical (unpaired) electrons. The van der Waals surface area contributed by atoms with Crippen molar-refractivity contribution in [1.82, 2.24) is 10.2 Å². The molecule has 4 aromatic carbocycles.